The molecule has 0 aliphatic heterocycles. The Morgan fingerprint density at radius 1 is 1.23 bits per heavy atom. The average Bonchev–Trinajstić information content (AvgIpc) is 3.00. The summed E-state index contributed by atoms with van der Waals surface area (Å²) in [5.41, 5.74) is 1.27. The first kappa shape index (κ1) is 18.0. The molecule has 0 radical (unpaired) electrons. The Morgan fingerprint density at radius 2 is 2.00 bits per heavy atom. The number of aromatic nitrogens is 3. The third-order valence-corrected chi connectivity index (χ3v) is 4.03. The molecule has 134 valence electrons. The molecule has 3 rings (SSSR count). The molecule has 7 heteroatoms. The van der Waals surface area contributed by atoms with E-state index in [0.29, 0.717) is 16.1 Å². The minimum Gasteiger partial charge on any atom is -0.488 e. The van der Waals surface area contributed by atoms with E-state index in [9.17, 15) is 4.39 Å². The van der Waals surface area contributed by atoms with Crippen LogP contribution in [0.2, 0.25) is 0 Å². The monoisotopic (exact) mass is 370 g/mol. The number of ether oxygens (including phenoxy) is 1. The van der Waals surface area contributed by atoms with E-state index in [1.165, 1.54) is 6.07 Å². The van der Waals surface area contributed by atoms with Crippen molar-refractivity contribution in [1.82, 2.24) is 14.9 Å². The van der Waals surface area contributed by atoms with E-state index in [-0.39, 0.29) is 12.4 Å². The van der Waals surface area contributed by atoms with E-state index < -0.39 is 0 Å². The summed E-state index contributed by atoms with van der Waals surface area (Å²) >= 11 is 5.22. The maximum absolute atomic E-state index is 13.8. The number of aryl methyl sites for hydroxylation is 1. The van der Waals surface area contributed by atoms with Gasteiger partial charge in [0.2, 0.25) is 4.77 Å². The Kier molecular flexibility index (Phi) is 5.91. The number of halogens is 1. The number of nitrogens with one attached hydrogen (secondary N) is 1. The molecule has 2 aromatic carbocycles. The number of rotatable bonds is 7. The van der Waals surface area contributed by atoms with Crippen molar-refractivity contribution in [3.05, 3.63) is 76.1 Å². The number of para-hydroxylation sites is 1. The minimum absolute atomic E-state index is 0.143. The van der Waals surface area contributed by atoms with E-state index in [1.54, 1.807) is 29.1 Å². The van der Waals surface area contributed by atoms with Gasteiger partial charge in [-0.1, -0.05) is 37.3 Å². The van der Waals surface area contributed by atoms with Gasteiger partial charge in [-0.2, -0.15) is 14.9 Å². The third-order valence-electron chi connectivity index (χ3n) is 3.76. The van der Waals surface area contributed by atoms with Gasteiger partial charge >= 0.3 is 0 Å². The summed E-state index contributed by atoms with van der Waals surface area (Å²) in [5.74, 6) is 1.11. The fourth-order valence-corrected chi connectivity index (χ4v) is 2.64. The Morgan fingerprint density at radius 3 is 2.81 bits per heavy atom. The molecular formula is C19H19FN4OS. The van der Waals surface area contributed by atoms with Crippen molar-refractivity contribution in [3.63, 3.8) is 0 Å². The van der Waals surface area contributed by atoms with Crippen LogP contribution in [0, 0.1) is 10.6 Å². The maximum atomic E-state index is 13.8. The van der Waals surface area contributed by atoms with Crippen LogP contribution in [0.25, 0.3) is 0 Å². The molecule has 3 aromatic rings. The van der Waals surface area contributed by atoms with Gasteiger partial charge in [0.05, 0.1) is 6.21 Å². The lowest BCUT2D eigenvalue weighted by Crippen LogP contribution is -2.02. The second kappa shape index (κ2) is 8.53. The van der Waals surface area contributed by atoms with Crippen LogP contribution in [0.15, 0.2) is 53.6 Å². The first-order valence-corrected chi connectivity index (χ1v) is 8.75. The van der Waals surface area contributed by atoms with Crippen molar-refractivity contribution in [2.24, 2.45) is 5.10 Å². The van der Waals surface area contributed by atoms with Gasteiger partial charge < -0.3 is 4.74 Å². The number of nitrogens with zero attached hydrogens (tertiary/aromatic N) is 3. The smallest absolute Gasteiger partial charge is 0.216 e. The van der Waals surface area contributed by atoms with Crippen LogP contribution in [0.4, 0.5) is 4.39 Å². The molecule has 0 aliphatic carbocycles. The summed E-state index contributed by atoms with van der Waals surface area (Å²) in [7, 11) is 0. The van der Waals surface area contributed by atoms with Crippen molar-refractivity contribution < 1.29 is 9.13 Å². The highest BCUT2D eigenvalue weighted by Gasteiger charge is 2.06. The zero-order chi connectivity index (χ0) is 18.4. The summed E-state index contributed by atoms with van der Waals surface area (Å²) < 4.78 is 21.6. The molecule has 1 heterocycles. The van der Waals surface area contributed by atoms with Crippen LogP contribution < -0.4 is 4.74 Å². The molecule has 0 aliphatic rings. The highest BCUT2D eigenvalue weighted by atomic mass is 32.1. The Hall–Kier alpha value is -2.80. The Labute approximate surface area is 156 Å². The Balaban J connectivity index is 1.80. The van der Waals surface area contributed by atoms with Crippen LogP contribution in [0.1, 0.15) is 30.3 Å². The van der Waals surface area contributed by atoms with Gasteiger partial charge in [0.25, 0.3) is 0 Å². The van der Waals surface area contributed by atoms with Gasteiger partial charge in [0.1, 0.15) is 18.2 Å². The lowest BCUT2D eigenvalue weighted by molar-refractivity contribution is 0.299. The molecule has 0 saturated heterocycles. The fraction of sp³-hybridized carbons (Fsp3) is 0.211. The zero-order valence-corrected chi connectivity index (χ0v) is 15.2. The third kappa shape index (κ3) is 4.23. The molecule has 5 nitrogen and oxygen atoms in total. The van der Waals surface area contributed by atoms with Crippen molar-refractivity contribution in [3.8, 4) is 5.75 Å². The second-order valence-corrected chi connectivity index (χ2v) is 6.06. The first-order chi connectivity index (χ1) is 12.7. The van der Waals surface area contributed by atoms with E-state index in [2.05, 4.69) is 22.2 Å². The van der Waals surface area contributed by atoms with Crippen molar-refractivity contribution in [1.29, 1.82) is 0 Å². The van der Waals surface area contributed by atoms with Crippen molar-refractivity contribution in [2.75, 3.05) is 0 Å². The standard InChI is InChI=1S/C19H19FN4OS/c1-2-7-18-22-23-19(26)24(18)21-12-14-8-4-6-11-17(14)25-13-15-9-3-5-10-16(15)20/h3-6,8-12H,2,7,13H2,1H3,(H,23,26)/b21-12+. The normalized spacial score (nSPS) is 11.2. The van der Waals surface area contributed by atoms with Crippen molar-refractivity contribution in [2.45, 2.75) is 26.4 Å². The Bertz CT molecular complexity index is 964. The molecule has 0 spiro atoms. The quantitative estimate of drug-likeness (QED) is 0.492. The van der Waals surface area contributed by atoms with E-state index in [1.807, 2.05) is 24.3 Å². The van der Waals surface area contributed by atoms with Gasteiger partial charge in [-0.25, -0.2) is 4.39 Å². The molecule has 26 heavy (non-hydrogen) atoms. The lowest BCUT2D eigenvalue weighted by Gasteiger charge is -2.09. The topological polar surface area (TPSA) is 55.2 Å². The molecule has 0 atom stereocenters. The van der Waals surface area contributed by atoms with Gasteiger partial charge in [0, 0.05) is 17.5 Å². The van der Waals surface area contributed by atoms with E-state index >= 15 is 0 Å². The predicted molar refractivity (Wildman–Crippen MR) is 102 cm³/mol. The highest BCUT2D eigenvalue weighted by molar-refractivity contribution is 7.71. The molecule has 0 unspecified atom stereocenters. The predicted octanol–water partition coefficient (Wildman–Crippen LogP) is 4.49. The lowest BCUT2D eigenvalue weighted by atomic mass is 10.2. The van der Waals surface area contributed by atoms with E-state index in [4.69, 9.17) is 17.0 Å². The number of hydrogen-bond acceptors (Lipinski definition) is 4. The molecule has 0 fully saturated rings. The molecule has 1 N–H and O–H groups in total. The molecule has 1 aromatic heterocycles. The maximum Gasteiger partial charge on any atom is 0.216 e. The SMILES string of the molecule is CCCc1n[nH]c(=S)n1/N=C/c1ccccc1OCc1ccccc1F. The van der Waals surface area contributed by atoms with E-state index in [0.717, 1.165) is 24.2 Å². The first-order valence-electron chi connectivity index (χ1n) is 8.35. The average molecular weight is 370 g/mol. The summed E-state index contributed by atoms with van der Waals surface area (Å²) in [6.45, 7) is 2.21. The zero-order valence-electron chi connectivity index (χ0n) is 14.4. The number of hydrogen-bond donors (Lipinski definition) is 1. The highest BCUT2D eigenvalue weighted by Crippen LogP contribution is 2.19. The van der Waals surface area contributed by atoms with Crippen LogP contribution >= 0.6 is 12.2 Å². The minimum atomic E-state index is -0.285. The fourth-order valence-electron chi connectivity index (χ4n) is 2.44. The summed E-state index contributed by atoms with van der Waals surface area (Å²) in [4.78, 5) is 0. The molecular weight excluding hydrogens is 351 g/mol. The molecule has 0 saturated carbocycles. The summed E-state index contributed by atoms with van der Waals surface area (Å²) in [6, 6.07) is 14.0. The number of benzene rings is 2. The van der Waals surface area contributed by atoms with Crippen LogP contribution in [0.3, 0.4) is 0 Å². The van der Waals surface area contributed by atoms with Crippen LogP contribution in [-0.2, 0) is 13.0 Å². The van der Waals surface area contributed by atoms with Gasteiger partial charge in [-0.15, -0.1) is 0 Å². The number of H-pyrrole nitrogens is 1. The second-order valence-electron chi connectivity index (χ2n) is 5.67. The van der Waals surface area contributed by atoms with Gasteiger partial charge in [-0.05, 0) is 36.8 Å². The van der Waals surface area contributed by atoms with Gasteiger partial charge in [-0.3, -0.25) is 5.10 Å². The van der Waals surface area contributed by atoms with Gasteiger partial charge in [0.15, 0.2) is 5.82 Å². The molecule has 0 bridgehead atoms. The van der Waals surface area contributed by atoms with Crippen LogP contribution in [0.5, 0.6) is 5.75 Å². The summed E-state index contributed by atoms with van der Waals surface area (Å²) in [5, 5.41) is 11.4. The van der Waals surface area contributed by atoms with Crippen LogP contribution in [-0.4, -0.2) is 21.1 Å². The van der Waals surface area contributed by atoms with Crippen molar-refractivity contribution >= 4 is 18.4 Å². The molecule has 0 amide bonds. The summed E-state index contributed by atoms with van der Waals surface area (Å²) in [6.07, 6.45) is 3.38. The largest absolute Gasteiger partial charge is 0.488 e. The number of aromatic amines is 1.